The fourth-order valence-corrected chi connectivity index (χ4v) is 0. The predicted octanol–water partition coefficient (Wildman–Crippen LogP) is -0.938. The summed E-state index contributed by atoms with van der Waals surface area (Å²) in [5.74, 6) is 0. The van der Waals surface area contributed by atoms with Crippen LogP contribution in [0, 0.1) is 0 Å². The van der Waals surface area contributed by atoms with Crippen LogP contribution in [0.1, 0.15) is 0 Å². The van der Waals surface area contributed by atoms with Crippen LogP contribution in [-0.4, -0.2) is 31.7 Å². The van der Waals surface area contributed by atoms with Gasteiger partial charge in [-0.1, -0.05) is 0 Å². The van der Waals surface area contributed by atoms with Crippen molar-refractivity contribution in [2.24, 2.45) is 0 Å². The molecule has 1 radical (unpaired) electrons. The van der Waals surface area contributed by atoms with E-state index in [1.165, 1.54) is 0 Å². The Labute approximate surface area is 48.8 Å². The summed E-state index contributed by atoms with van der Waals surface area (Å²) < 4.78 is 19.1. The summed E-state index contributed by atoms with van der Waals surface area (Å²) in [7, 11) is 0. The van der Waals surface area contributed by atoms with Crippen molar-refractivity contribution in [1.82, 2.24) is 0 Å². The molecule has 2 nitrogen and oxygen atoms in total. The van der Waals surface area contributed by atoms with Gasteiger partial charge in [-0.3, -0.25) is 0 Å². The molecular weight excluding hydrogens is 305 g/mol. The van der Waals surface area contributed by atoms with Gasteiger partial charge < -0.3 is 0 Å². The van der Waals surface area contributed by atoms with Gasteiger partial charge in [0.25, 0.3) is 0 Å². The maximum absolute atomic E-state index is 9.56. The molecule has 0 unspecified atom stereocenters. The van der Waals surface area contributed by atoms with Crippen LogP contribution in [0.15, 0.2) is 0 Å². The van der Waals surface area contributed by atoms with Crippen molar-refractivity contribution in [3.05, 3.63) is 0 Å². The van der Waals surface area contributed by atoms with Crippen molar-refractivity contribution in [2.75, 3.05) is 0 Å². The quantitative estimate of drug-likeness (QED) is 0.356. The van der Waals surface area contributed by atoms with Crippen LogP contribution in [0.3, 0.4) is 0 Å². The minimum atomic E-state index is -2.83. The van der Waals surface area contributed by atoms with Crippen LogP contribution in [0.5, 0.6) is 0 Å². The Hall–Kier alpha value is 1.18. The minimum absolute atomic E-state index is 0.144. The zero-order valence-electron chi connectivity index (χ0n) is 2.17. The van der Waals surface area contributed by atoms with E-state index in [1.54, 1.807) is 0 Å². The van der Waals surface area contributed by atoms with Gasteiger partial charge >= 0.3 is 49.0 Å². The van der Waals surface area contributed by atoms with E-state index in [1.807, 2.05) is 0 Å². The second-order valence-corrected chi connectivity index (χ2v) is 13.1. The van der Waals surface area contributed by atoms with Crippen molar-refractivity contribution in [1.29, 1.82) is 0 Å². The van der Waals surface area contributed by atoms with Gasteiger partial charge in [-0.15, -0.1) is 0 Å². The summed E-state index contributed by atoms with van der Waals surface area (Å²) in [5.41, 5.74) is -2.83. The number of thiol groups is 1. The molecule has 31 valence electrons. The van der Waals surface area contributed by atoms with Crippen molar-refractivity contribution >= 4 is 40.5 Å². The van der Waals surface area contributed by atoms with Gasteiger partial charge in [0.1, 0.15) is 0 Å². The number of rotatable bonds is 0. The third-order valence-electron chi connectivity index (χ3n) is 0. The Morgan fingerprint density at radius 2 is 1.60 bits per heavy atom. The first kappa shape index (κ1) is 6.18. The van der Waals surface area contributed by atoms with E-state index in [-0.39, 0.29) is 23.3 Å². The standard InChI is InChI=1S/Bi.HO2S2.H/c;1-4(2)3;/h;(H,1,2,3);. The molecular formula is H2BiO2S2. The Morgan fingerprint density at radius 3 is 1.60 bits per heavy atom. The van der Waals surface area contributed by atoms with E-state index in [9.17, 15) is 8.42 Å². The summed E-state index contributed by atoms with van der Waals surface area (Å²) >= 11 is 3.30. The monoisotopic (exact) mass is 307 g/mol. The van der Waals surface area contributed by atoms with E-state index >= 15 is 0 Å². The van der Waals surface area contributed by atoms with Gasteiger partial charge in [0.15, 0.2) is 0 Å². The molecule has 0 spiro atoms. The Balaban J connectivity index is 4.06. The van der Waals surface area contributed by atoms with E-state index in [0.717, 1.165) is 0 Å². The Morgan fingerprint density at radius 1 is 1.60 bits per heavy atom. The second kappa shape index (κ2) is 1.76. The third-order valence-corrected chi connectivity index (χ3v) is 0. The van der Waals surface area contributed by atoms with Crippen molar-refractivity contribution in [2.45, 2.75) is 0 Å². The SMILES string of the molecule is O=[S](=O)(S)[BiH]. The molecule has 5 heavy (non-hydrogen) atoms. The first-order valence-electron chi connectivity index (χ1n) is 0.720. The van der Waals surface area contributed by atoms with Crippen LogP contribution in [0.25, 0.3) is 0 Å². The molecule has 0 aliphatic heterocycles. The van der Waals surface area contributed by atoms with Crippen LogP contribution in [0.2, 0.25) is 0 Å². The molecule has 0 saturated heterocycles. The Kier molecular flexibility index (Phi) is 2.17. The molecule has 0 atom stereocenters. The predicted molar refractivity (Wildman–Crippen MR) is 25.1 cm³/mol. The van der Waals surface area contributed by atoms with E-state index in [0.29, 0.717) is 0 Å². The number of hydrogen-bond acceptors (Lipinski definition) is 2. The fraction of sp³-hybridized carbons (Fsp3) is 0. The molecule has 5 heteroatoms. The molecule has 0 saturated carbocycles. The van der Waals surface area contributed by atoms with Gasteiger partial charge in [-0.05, 0) is 0 Å². The van der Waals surface area contributed by atoms with Crippen LogP contribution >= 0.6 is 11.7 Å². The molecule has 0 amide bonds. The molecule has 0 aromatic heterocycles. The summed E-state index contributed by atoms with van der Waals surface area (Å²) in [6.07, 6.45) is 0. The normalized spacial score (nSPS) is 11.6. The zero-order valence-corrected chi connectivity index (χ0v) is 7.77. The van der Waals surface area contributed by atoms with E-state index < -0.39 is 5.63 Å². The molecule has 0 aromatic rings. The molecule has 0 heterocycles. The number of hydrogen-bond donors (Lipinski definition) is 1. The van der Waals surface area contributed by atoms with Crippen molar-refractivity contribution < 1.29 is 8.42 Å². The van der Waals surface area contributed by atoms with Crippen molar-refractivity contribution in [3.63, 3.8) is 0 Å². The van der Waals surface area contributed by atoms with Crippen LogP contribution in [0.4, 0.5) is 0 Å². The van der Waals surface area contributed by atoms with E-state index in [2.05, 4.69) is 11.7 Å². The summed E-state index contributed by atoms with van der Waals surface area (Å²) in [6.45, 7) is 0. The molecule has 0 bridgehead atoms. The van der Waals surface area contributed by atoms with Crippen LogP contribution < -0.4 is 0 Å². The maximum atomic E-state index is 9.56. The molecule has 0 aliphatic rings. The molecule has 0 rings (SSSR count). The van der Waals surface area contributed by atoms with Gasteiger partial charge in [0.05, 0.1) is 0 Å². The van der Waals surface area contributed by atoms with Gasteiger partial charge in [-0.2, -0.15) is 0 Å². The summed E-state index contributed by atoms with van der Waals surface area (Å²) in [5, 5.41) is 0. The van der Waals surface area contributed by atoms with Gasteiger partial charge in [-0.25, -0.2) is 0 Å². The molecule has 0 N–H and O–H groups in total. The average Bonchev–Trinajstić information content (AvgIpc) is 0.722. The molecule has 0 aliphatic carbocycles. The summed E-state index contributed by atoms with van der Waals surface area (Å²) in [4.78, 5) is 0. The van der Waals surface area contributed by atoms with Crippen molar-refractivity contribution in [3.8, 4) is 0 Å². The molecule has 0 aromatic carbocycles. The van der Waals surface area contributed by atoms with Crippen LogP contribution in [-0.2, 0) is 5.63 Å². The fourth-order valence-electron chi connectivity index (χ4n) is 0. The first-order valence-corrected chi connectivity index (χ1v) is 8.02. The van der Waals surface area contributed by atoms with Gasteiger partial charge in [0, 0.05) is 0 Å². The molecule has 0 fully saturated rings. The van der Waals surface area contributed by atoms with Gasteiger partial charge in [0.2, 0.25) is 0 Å². The third kappa shape index (κ3) is 37.5. The topological polar surface area (TPSA) is 34.1 Å². The first-order chi connectivity index (χ1) is 2.00. The Bertz CT molecular complexity index is 90.8. The second-order valence-electron chi connectivity index (χ2n) is 0.475. The average molecular weight is 307 g/mol. The van der Waals surface area contributed by atoms with E-state index in [4.69, 9.17) is 0 Å². The summed E-state index contributed by atoms with van der Waals surface area (Å²) in [6, 6.07) is 0. The zero-order chi connectivity index (χ0) is 4.50.